The van der Waals surface area contributed by atoms with E-state index in [-0.39, 0.29) is 0 Å². The van der Waals surface area contributed by atoms with Gasteiger partial charge in [-0.25, -0.2) is 19.2 Å². The Balaban J connectivity index is 4.17. The first kappa shape index (κ1) is 13.5. The van der Waals surface area contributed by atoms with Crippen molar-refractivity contribution in [1.29, 1.82) is 0 Å². The second-order valence-electron chi connectivity index (χ2n) is 2.22. The van der Waals surface area contributed by atoms with E-state index < -0.39 is 23.9 Å². The average Bonchev–Trinajstić information content (AvgIpc) is 2.26. The molecule has 0 atom stereocenters. The van der Waals surface area contributed by atoms with Crippen LogP contribution in [0.5, 0.6) is 0 Å². The fourth-order valence-corrected chi connectivity index (χ4v) is 0.486. The lowest BCUT2D eigenvalue weighted by Gasteiger charge is -1.94. The first-order valence-corrected chi connectivity index (χ1v) is 3.94. The Bertz CT molecular complexity index is 341. The zero-order chi connectivity index (χ0) is 12.6. The van der Waals surface area contributed by atoms with E-state index in [9.17, 15) is 19.2 Å². The molecule has 0 saturated heterocycles. The van der Waals surface area contributed by atoms with Crippen LogP contribution in [-0.2, 0) is 28.7 Å². The lowest BCUT2D eigenvalue weighted by Crippen LogP contribution is -2.10. The van der Waals surface area contributed by atoms with Crippen molar-refractivity contribution in [1.82, 2.24) is 0 Å². The molecule has 0 spiro atoms. The molecule has 0 heterocycles. The van der Waals surface area contributed by atoms with E-state index >= 15 is 0 Å². The molecule has 0 aromatic carbocycles. The Kier molecular flexibility index (Phi) is 5.81. The first-order valence-electron chi connectivity index (χ1n) is 3.94. The van der Waals surface area contributed by atoms with Crippen LogP contribution >= 0.6 is 0 Å². The van der Waals surface area contributed by atoms with E-state index in [4.69, 9.17) is 0 Å². The Morgan fingerprint density at radius 3 is 1.25 bits per heavy atom. The number of esters is 4. The van der Waals surface area contributed by atoms with Gasteiger partial charge in [0.15, 0.2) is 0 Å². The summed E-state index contributed by atoms with van der Waals surface area (Å²) in [5, 5.41) is 0. The molecule has 0 aromatic rings. The molecule has 0 fully saturated rings. The van der Waals surface area contributed by atoms with E-state index in [0.29, 0.717) is 12.2 Å². The van der Waals surface area contributed by atoms with Gasteiger partial charge >= 0.3 is 23.9 Å². The van der Waals surface area contributed by atoms with Gasteiger partial charge in [-0.3, -0.25) is 0 Å². The van der Waals surface area contributed by atoms with Crippen LogP contribution in [0.15, 0.2) is 37.5 Å². The van der Waals surface area contributed by atoms with Crippen LogP contribution in [-0.4, -0.2) is 23.9 Å². The highest BCUT2D eigenvalue weighted by molar-refractivity contribution is 6.01. The van der Waals surface area contributed by atoms with Crippen molar-refractivity contribution in [3.8, 4) is 0 Å². The van der Waals surface area contributed by atoms with Crippen molar-refractivity contribution in [2.24, 2.45) is 0 Å². The predicted octanol–water partition coefficient (Wildman–Crippen LogP) is 0.0542. The molecule has 0 unspecified atom stereocenters. The first-order chi connectivity index (χ1) is 7.49. The van der Waals surface area contributed by atoms with E-state index in [1.165, 1.54) is 0 Å². The summed E-state index contributed by atoms with van der Waals surface area (Å²) in [6.07, 6.45) is 2.84. The third-order valence-electron chi connectivity index (χ3n) is 1.09. The molecule has 0 aromatic heterocycles. The van der Waals surface area contributed by atoms with Crippen molar-refractivity contribution < 1.29 is 28.7 Å². The second-order valence-corrected chi connectivity index (χ2v) is 2.22. The SMILES string of the molecule is C=CC(=O)OC(=O)C=CC(=O)OC(=O)C=C. The van der Waals surface area contributed by atoms with Gasteiger partial charge in [-0.15, -0.1) is 0 Å². The topological polar surface area (TPSA) is 86.7 Å². The number of hydrogen-bond acceptors (Lipinski definition) is 6. The van der Waals surface area contributed by atoms with Gasteiger partial charge < -0.3 is 9.47 Å². The number of rotatable bonds is 4. The predicted molar refractivity (Wildman–Crippen MR) is 51.7 cm³/mol. The lowest BCUT2D eigenvalue weighted by atomic mass is 10.5. The van der Waals surface area contributed by atoms with E-state index in [2.05, 4.69) is 22.6 Å². The quantitative estimate of drug-likeness (QED) is 0.381. The van der Waals surface area contributed by atoms with Gasteiger partial charge in [0.1, 0.15) is 0 Å². The van der Waals surface area contributed by atoms with E-state index in [1.807, 2.05) is 0 Å². The maximum absolute atomic E-state index is 10.8. The zero-order valence-corrected chi connectivity index (χ0v) is 8.17. The zero-order valence-electron chi connectivity index (χ0n) is 8.17. The summed E-state index contributed by atoms with van der Waals surface area (Å²) in [7, 11) is 0. The summed E-state index contributed by atoms with van der Waals surface area (Å²) < 4.78 is 8.17. The van der Waals surface area contributed by atoms with Crippen molar-refractivity contribution in [2.75, 3.05) is 0 Å². The van der Waals surface area contributed by atoms with Gasteiger partial charge in [0.2, 0.25) is 0 Å². The molecule has 0 N–H and O–H groups in total. The van der Waals surface area contributed by atoms with E-state index in [1.54, 1.807) is 0 Å². The maximum atomic E-state index is 10.8. The summed E-state index contributed by atoms with van der Waals surface area (Å²) in [4.78, 5) is 42.6. The van der Waals surface area contributed by atoms with Gasteiger partial charge in [-0.2, -0.15) is 0 Å². The van der Waals surface area contributed by atoms with Gasteiger partial charge in [0, 0.05) is 24.3 Å². The van der Waals surface area contributed by atoms with Crippen LogP contribution < -0.4 is 0 Å². The Labute approximate surface area is 90.8 Å². The average molecular weight is 224 g/mol. The van der Waals surface area contributed by atoms with Gasteiger partial charge in [0.25, 0.3) is 0 Å². The summed E-state index contributed by atoms with van der Waals surface area (Å²) in [5.41, 5.74) is 0. The molecule has 0 rings (SSSR count). The van der Waals surface area contributed by atoms with Crippen LogP contribution in [0.25, 0.3) is 0 Å². The molecule has 0 aliphatic rings. The second kappa shape index (κ2) is 6.88. The molecule has 0 amide bonds. The molecular weight excluding hydrogens is 216 g/mol. The lowest BCUT2D eigenvalue weighted by molar-refractivity contribution is -0.155. The number of carbonyl (C=O) groups excluding carboxylic acids is 4. The Morgan fingerprint density at radius 2 is 1.00 bits per heavy atom. The smallest absolute Gasteiger partial charge is 0.338 e. The highest BCUT2D eigenvalue weighted by Gasteiger charge is 2.06. The summed E-state index contributed by atoms with van der Waals surface area (Å²) >= 11 is 0. The van der Waals surface area contributed by atoms with Crippen LogP contribution in [0.3, 0.4) is 0 Å². The molecule has 84 valence electrons. The standard InChI is InChI=1S/C10H8O6/c1-3-7(11)15-9(13)5-6-10(14)16-8(12)4-2/h3-6H,1-2H2. The summed E-state index contributed by atoms with van der Waals surface area (Å²) in [6.45, 7) is 6.12. The van der Waals surface area contributed by atoms with Gasteiger partial charge in [-0.05, 0) is 0 Å². The van der Waals surface area contributed by atoms with Crippen LogP contribution in [0.1, 0.15) is 0 Å². The Hall–Kier alpha value is -2.50. The molecule has 16 heavy (non-hydrogen) atoms. The minimum atomic E-state index is -1.08. The van der Waals surface area contributed by atoms with Crippen molar-refractivity contribution in [2.45, 2.75) is 0 Å². The third kappa shape index (κ3) is 6.03. The van der Waals surface area contributed by atoms with Crippen LogP contribution in [0, 0.1) is 0 Å². The van der Waals surface area contributed by atoms with Gasteiger partial charge in [-0.1, -0.05) is 13.2 Å². The highest BCUT2D eigenvalue weighted by Crippen LogP contribution is 1.88. The van der Waals surface area contributed by atoms with Crippen molar-refractivity contribution in [3.05, 3.63) is 37.5 Å². The molecule has 0 saturated carbocycles. The molecule has 0 bridgehead atoms. The molecule has 0 radical (unpaired) electrons. The Morgan fingerprint density at radius 1 is 0.688 bits per heavy atom. The summed E-state index contributed by atoms with van der Waals surface area (Å²) in [5.74, 6) is -4.06. The molecular formula is C10H8O6. The van der Waals surface area contributed by atoms with E-state index in [0.717, 1.165) is 12.2 Å². The minimum absolute atomic E-state index is 0.639. The fraction of sp³-hybridized carbons (Fsp3) is 0. The number of ether oxygens (including phenoxy) is 2. The minimum Gasteiger partial charge on any atom is -0.387 e. The molecule has 6 nitrogen and oxygen atoms in total. The molecule has 6 heteroatoms. The highest BCUT2D eigenvalue weighted by atomic mass is 16.6. The normalized spacial score (nSPS) is 9.25. The number of hydrogen-bond donors (Lipinski definition) is 0. The maximum Gasteiger partial charge on any atom is 0.338 e. The fourth-order valence-electron chi connectivity index (χ4n) is 0.486. The van der Waals surface area contributed by atoms with Gasteiger partial charge in [0.05, 0.1) is 0 Å². The van der Waals surface area contributed by atoms with Crippen LogP contribution in [0.4, 0.5) is 0 Å². The van der Waals surface area contributed by atoms with Crippen LogP contribution in [0.2, 0.25) is 0 Å². The van der Waals surface area contributed by atoms with Crippen molar-refractivity contribution >= 4 is 23.9 Å². The third-order valence-corrected chi connectivity index (χ3v) is 1.09. The molecule has 0 aliphatic carbocycles. The largest absolute Gasteiger partial charge is 0.387 e. The molecule has 0 aliphatic heterocycles. The van der Waals surface area contributed by atoms with Crippen molar-refractivity contribution in [3.63, 3.8) is 0 Å². The number of carbonyl (C=O) groups is 4. The summed E-state index contributed by atoms with van der Waals surface area (Å²) in [6, 6.07) is 0. The monoisotopic (exact) mass is 224 g/mol.